The van der Waals surface area contributed by atoms with E-state index in [9.17, 15) is 0 Å². The lowest BCUT2D eigenvalue weighted by Crippen LogP contribution is -2.25. The molecule has 1 aliphatic rings. The molecule has 1 aromatic heterocycles. The molecule has 0 saturated heterocycles. The van der Waals surface area contributed by atoms with Gasteiger partial charge in [-0.1, -0.05) is 26.2 Å². The van der Waals surface area contributed by atoms with Crippen LogP contribution in [-0.4, -0.2) is 6.54 Å². The van der Waals surface area contributed by atoms with Crippen molar-refractivity contribution in [3.8, 4) is 0 Å². The van der Waals surface area contributed by atoms with Crippen molar-refractivity contribution in [2.75, 3.05) is 6.54 Å². The highest BCUT2D eigenvalue weighted by Crippen LogP contribution is 2.36. The molecule has 0 aliphatic heterocycles. The van der Waals surface area contributed by atoms with Gasteiger partial charge in [0.2, 0.25) is 0 Å². The lowest BCUT2D eigenvalue weighted by molar-refractivity contribution is 0.264. The largest absolute Gasteiger partial charge is 0.310 e. The van der Waals surface area contributed by atoms with Crippen LogP contribution in [0.25, 0.3) is 0 Å². The van der Waals surface area contributed by atoms with Crippen LogP contribution in [0.15, 0.2) is 15.9 Å². The van der Waals surface area contributed by atoms with Crippen molar-refractivity contribution in [3.63, 3.8) is 0 Å². The van der Waals surface area contributed by atoms with Crippen LogP contribution in [0, 0.1) is 5.92 Å². The van der Waals surface area contributed by atoms with Crippen molar-refractivity contribution in [2.45, 2.75) is 38.6 Å². The molecule has 0 amide bonds. The van der Waals surface area contributed by atoms with Gasteiger partial charge in [-0.2, -0.15) is 0 Å². The van der Waals surface area contributed by atoms with Crippen molar-refractivity contribution in [1.82, 2.24) is 5.32 Å². The molecule has 0 radical (unpaired) electrons. The van der Waals surface area contributed by atoms with Crippen LogP contribution in [0.1, 0.15) is 43.5 Å². The Morgan fingerprint density at radius 2 is 2.40 bits per heavy atom. The molecule has 84 valence electrons. The van der Waals surface area contributed by atoms with E-state index in [1.807, 2.05) is 11.3 Å². The molecule has 0 bridgehead atoms. The number of hydrogen-bond donors (Lipinski definition) is 1. The van der Waals surface area contributed by atoms with Gasteiger partial charge < -0.3 is 5.32 Å². The Bertz CT molecular complexity index is 306. The zero-order valence-corrected chi connectivity index (χ0v) is 11.5. The zero-order chi connectivity index (χ0) is 10.7. The molecule has 1 unspecified atom stereocenters. The summed E-state index contributed by atoms with van der Waals surface area (Å²) >= 11 is 5.40. The number of halogens is 1. The average Bonchev–Trinajstić information content (AvgIpc) is 2.56. The Hall–Kier alpha value is 0.140. The predicted molar refractivity (Wildman–Crippen MR) is 70.4 cm³/mol. The van der Waals surface area contributed by atoms with Gasteiger partial charge in [-0.05, 0) is 40.9 Å². The van der Waals surface area contributed by atoms with Gasteiger partial charge >= 0.3 is 0 Å². The minimum atomic E-state index is 0.580. The second kappa shape index (κ2) is 5.46. The number of nitrogens with one attached hydrogen (secondary N) is 1. The maximum atomic E-state index is 3.60. The van der Waals surface area contributed by atoms with Crippen molar-refractivity contribution in [3.05, 3.63) is 20.8 Å². The molecule has 2 rings (SSSR count). The Balaban J connectivity index is 1.97. The normalized spacial score (nSPS) is 18.8. The van der Waals surface area contributed by atoms with Crippen molar-refractivity contribution in [1.29, 1.82) is 0 Å². The Morgan fingerprint density at radius 3 is 2.87 bits per heavy atom. The minimum Gasteiger partial charge on any atom is -0.310 e. The summed E-state index contributed by atoms with van der Waals surface area (Å²) in [5.41, 5.74) is 0. The first-order chi connectivity index (χ1) is 7.29. The van der Waals surface area contributed by atoms with E-state index in [4.69, 9.17) is 0 Å². The SMILES string of the molecule is CCNC(CC1CCC1)c1cc(Br)cs1. The summed E-state index contributed by atoms with van der Waals surface area (Å²) in [4.78, 5) is 1.48. The quantitative estimate of drug-likeness (QED) is 0.849. The molecule has 1 heterocycles. The fourth-order valence-electron chi connectivity index (χ4n) is 2.12. The van der Waals surface area contributed by atoms with Gasteiger partial charge in [-0.3, -0.25) is 0 Å². The van der Waals surface area contributed by atoms with Gasteiger partial charge in [0.25, 0.3) is 0 Å². The maximum Gasteiger partial charge on any atom is 0.0417 e. The third kappa shape index (κ3) is 3.05. The molecule has 15 heavy (non-hydrogen) atoms. The fourth-order valence-corrected chi connectivity index (χ4v) is 3.65. The van der Waals surface area contributed by atoms with Gasteiger partial charge in [0.05, 0.1) is 0 Å². The highest BCUT2D eigenvalue weighted by atomic mass is 79.9. The maximum absolute atomic E-state index is 3.60. The first-order valence-corrected chi connectivity index (χ1v) is 7.44. The molecule has 1 aromatic rings. The van der Waals surface area contributed by atoms with E-state index in [-0.39, 0.29) is 0 Å². The smallest absolute Gasteiger partial charge is 0.0417 e. The van der Waals surface area contributed by atoms with E-state index in [0.717, 1.165) is 12.5 Å². The predicted octanol–water partition coefficient (Wildman–Crippen LogP) is 4.35. The van der Waals surface area contributed by atoms with Gasteiger partial charge in [0.1, 0.15) is 0 Å². The van der Waals surface area contributed by atoms with Crippen LogP contribution in [0.2, 0.25) is 0 Å². The first kappa shape index (κ1) is 11.6. The first-order valence-electron chi connectivity index (χ1n) is 5.77. The van der Waals surface area contributed by atoms with E-state index >= 15 is 0 Å². The standard InChI is InChI=1S/C12H18BrNS/c1-2-14-11(6-9-4-3-5-9)12-7-10(13)8-15-12/h7-9,11,14H,2-6H2,1H3. The molecule has 0 spiro atoms. The van der Waals surface area contributed by atoms with E-state index in [0.29, 0.717) is 6.04 Å². The third-order valence-electron chi connectivity index (χ3n) is 3.18. The van der Waals surface area contributed by atoms with Crippen molar-refractivity contribution < 1.29 is 0 Å². The third-order valence-corrected chi connectivity index (χ3v) is 4.98. The molecule has 0 aromatic carbocycles. The minimum absolute atomic E-state index is 0.580. The lowest BCUT2D eigenvalue weighted by Gasteiger charge is -2.29. The summed E-state index contributed by atoms with van der Waals surface area (Å²) in [5, 5.41) is 5.78. The molecule has 1 atom stereocenters. The van der Waals surface area contributed by atoms with Crippen LogP contribution >= 0.6 is 27.3 Å². The molecule has 1 N–H and O–H groups in total. The lowest BCUT2D eigenvalue weighted by atomic mass is 9.80. The van der Waals surface area contributed by atoms with Crippen molar-refractivity contribution >= 4 is 27.3 Å². The summed E-state index contributed by atoms with van der Waals surface area (Å²) in [6.07, 6.45) is 5.64. The van der Waals surface area contributed by atoms with Crippen molar-refractivity contribution in [2.24, 2.45) is 5.92 Å². The summed E-state index contributed by atoms with van der Waals surface area (Å²) in [6.45, 7) is 3.25. The second-order valence-corrected chi connectivity index (χ2v) is 6.17. The zero-order valence-electron chi connectivity index (χ0n) is 9.13. The molecule has 1 fully saturated rings. The van der Waals surface area contributed by atoms with Gasteiger partial charge in [-0.15, -0.1) is 11.3 Å². The Labute approximate surface area is 104 Å². The Morgan fingerprint density at radius 1 is 1.60 bits per heavy atom. The molecule has 1 saturated carbocycles. The molecule has 3 heteroatoms. The number of thiophene rings is 1. The topological polar surface area (TPSA) is 12.0 Å². The molecule has 1 nitrogen and oxygen atoms in total. The highest BCUT2D eigenvalue weighted by Gasteiger charge is 2.23. The Kier molecular flexibility index (Phi) is 4.23. The van der Waals surface area contributed by atoms with E-state index in [2.05, 4.69) is 39.6 Å². The second-order valence-electron chi connectivity index (χ2n) is 4.31. The molecular weight excluding hydrogens is 270 g/mol. The summed E-state index contributed by atoms with van der Waals surface area (Å²) in [5.74, 6) is 0.968. The van der Waals surface area contributed by atoms with Crippen LogP contribution in [0.3, 0.4) is 0 Å². The number of rotatable bonds is 5. The number of hydrogen-bond acceptors (Lipinski definition) is 2. The summed E-state index contributed by atoms with van der Waals surface area (Å²) in [7, 11) is 0. The highest BCUT2D eigenvalue weighted by molar-refractivity contribution is 9.10. The summed E-state index contributed by atoms with van der Waals surface area (Å²) < 4.78 is 1.22. The molecule has 1 aliphatic carbocycles. The van der Waals surface area contributed by atoms with Gasteiger partial charge in [0.15, 0.2) is 0 Å². The van der Waals surface area contributed by atoms with Crippen LogP contribution in [-0.2, 0) is 0 Å². The summed E-state index contributed by atoms with van der Waals surface area (Å²) in [6, 6.07) is 2.84. The molecular formula is C12H18BrNS. The fraction of sp³-hybridized carbons (Fsp3) is 0.667. The van der Waals surface area contributed by atoms with Crippen LogP contribution < -0.4 is 5.32 Å². The van der Waals surface area contributed by atoms with Gasteiger partial charge in [-0.25, -0.2) is 0 Å². The van der Waals surface area contributed by atoms with E-state index in [1.165, 1.54) is 35.0 Å². The van der Waals surface area contributed by atoms with Crippen LogP contribution in [0.5, 0.6) is 0 Å². The van der Waals surface area contributed by atoms with E-state index in [1.54, 1.807) is 0 Å². The average molecular weight is 288 g/mol. The van der Waals surface area contributed by atoms with Crippen LogP contribution in [0.4, 0.5) is 0 Å². The van der Waals surface area contributed by atoms with Gasteiger partial charge in [0, 0.05) is 20.8 Å². The monoisotopic (exact) mass is 287 g/mol. The van der Waals surface area contributed by atoms with E-state index < -0.39 is 0 Å².